The molecule has 0 saturated carbocycles. The summed E-state index contributed by atoms with van der Waals surface area (Å²) in [7, 11) is 0. The molecular formula is C10H9NaO6. The van der Waals surface area contributed by atoms with Crippen molar-refractivity contribution in [1.82, 2.24) is 0 Å². The van der Waals surface area contributed by atoms with Gasteiger partial charge in [-0.25, -0.2) is 14.4 Å². The van der Waals surface area contributed by atoms with Crippen LogP contribution in [-0.2, 0) is 9.53 Å². The van der Waals surface area contributed by atoms with Gasteiger partial charge in [0.25, 0.3) is 0 Å². The van der Waals surface area contributed by atoms with Crippen LogP contribution in [0.5, 0.6) is 0 Å². The Morgan fingerprint density at radius 3 is 2.12 bits per heavy atom. The standard InChI is InChI=1S/C10H8O6.Na.H/c11-8(12)5-16-10(15)7-4-2-1-3-6(7)9(13)14;;/h1-4H,5H2,(H,11,12)(H,13,14);;/q;+1;-1. The molecule has 0 amide bonds. The Morgan fingerprint density at radius 2 is 1.65 bits per heavy atom. The van der Waals surface area contributed by atoms with E-state index < -0.39 is 24.5 Å². The number of rotatable bonds is 4. The predicted octanol–water partition coefficient (Wildman–Crippen LogP) is -2.26. The Balaban J connectivity index is 0. The van der Waals surface area contributed by atoms with Gasteiger partial charge in [0.05, 0.1) is 11.1 Å². The summed E-state index contributed by atoms with van der Waals surface area (Å²) in [6.45, 7) is -0.799. The van der Waals surface area contributed by atoms with Crippen molar-refractivity contribution >= 4 is 17.9 Å². The van der Waals surface area contributed by atoms with Gasteiger partial charge in [0.2, 0.25) is 0 Å². The molecular weight excluding hydrogens is 239 g/mol. The average Bonchev–Trinajstić information content (AvgIpc) is 2.25. The molecule has 0 aliphatic rings. The van der Waals surface area contributed by atoms with Gasteiger partial charge in [0.1, 0.15) is 0 Å². The van der Waals surface area contributed by atoms with Crippen molar-refractivity contribution in [3.8, 4) is 0 Å². The maximum absolute atomic E-state index is 11.3. The summed E-state index contributed by atoms with van der Waals surface area (Å²) in [6, 6.07) is 5.41. The zero-order valence-corrected chi connectivity index (χ0v) is 11.0. The average molecular weight is 248 g/mol. The van der Waals surface area contributed by atoms with Crippen molar-refractivity contribution in [2.45, 2.75) is 0 Å². The molecule has 0 atom stereocenters. The number of carbonyl (C=O) groups excluding carboxylic acids is 1. The van der Waals surface area contributed by atoms with Crippen molar-refractivity contribution in [3.63, 3.8) is 0 Å². The Labute approximate surface area is 120 Å². The third kappa shape index (κ3) is 4.56. The van der Waals surface area contributed by atoms with Crippen LogP contribution in [-0.4, -0.2) is 34.7 Å². The topological polar surface area (TPSA) is 101 Å². The number of carbonyl (C=O) groups is 3. The number of ether oxygens (including phenoxy) is 1. The summed E-state index contributed by atoms with van der Waals surface area (Å²) in [5, 5.41) is 17.1. The molecule has 7 heteroatoms. The van der Waals surface area contributed by atoms with E-state index in [2.05, 4.69) is 4.74 Å². The number of benzene rings is 1. The molecule has 0 heterocycles. The van der Waals surface area contributed by atoms with Crippen LogP contribution >= 0.6 is 0 Å². The van der Waals surface area contributed by atoms with Crippen LogP contribution in [0.15, 0.2) is 24.3 Å². The molecule has 0 fully saturated rings. The smallest absolute Gasteiger partial charge is 1.00 e. The summed E-state index contributed by atoms with van der Waals surface area (Å²) in [5.41, 5.74) is -0.394. The van der Waals surface area contributed by atoms with E-state index in [0.29, 0.717) is 0 Å². The molecule has 1 aromatic rings. The molecule has 0 bridgehead atoms. The number of carboxylic acid groups (broad SMARTS) is 2. The largest absolute Gasteiger partial charge is 1.00 e. The number of carboxylic acids is 2. The second-order valence-corrected chi connectivity index (χ2v) is 2.82. The van der Waals surface area contributed by atoms with E-state index in [4.69, 9.17) is 10.2 Å². The van der Waals surface area contributed by atoms with Crippen LogP contribution in [0, 0.1) is 0 Å². The molecule has 1 rings (SSSR count). The first-order chi connectivity index (χ1) is 7.52. The molecule has 0 saturated heterocycles. The van der Waals surface area contributed by atoms with Gasteiger partial charge in [0.15, 0.2) is 6.61 Å². The van der Waals surface area contributed by atoms with Crippen LogP contribution in [0.3, 0.4) is 0 Å². The fourth-order valence-electron chi connectivity index (χ4n) is 1.05. The van der Waals surface area contributed by atoms with E-state index in [1.54, 1.807) is 0 Å². The third-order valence-electron chi connectivity index (χ3n) is 1.70. The maximum atomic E-state index is 11.3. The van der Waals surface area contributed by atoms with E-state index in [-0.39, 0.29) is 42.1 Å². The number of aliphatic carboxylic acids is 1. The Bertz CT molecular complexity index is 448. The van der Waals surface area contributed by atoms with Crippen molar-refractivity contribution in [2.75, 3.05) is 6.61 Å². The summed E-state index contributed by atoms with van der Waals surface area (Å²) >= 11 is 0. The van der Waals surface area contributed by atoms with Crippen LogP contribution in [0.1, 0.15) is 22.1 Å². The second-order valence-electron chi connectivity index (χ2n) is 2.82. The summed E-state index contributed by atoms with van der Waals surface area (Å²) in [6.07, 6.45) is 0. The number of aromatic carboxylic acids is 1. The van der Waals surface area contributed by atoms with E-state index >= 15 is 0 Å². The molecule has 1 aromatic carbocycles. The molecule has 2 N–H and O–H groups in total. The van der Waals surface area contributed by atoms with E-state index in [0.717, 1.165) is 0 Å². The first-order valence-corrected chi connectivity index (χ1v) is 4.23. The first kappa shape index (κ1) is 15.6. The van der Waals surface area contributed by atoms with Gasteiger partial charge in [0, 0.05) is 0 Å². The van der Waals surface area contributed by atoms with Gasteiger partial charge in [-0.15, -0.1) is 0 Å². The minimum absolute atomic E-state index is 0. The SMILES string of the molecule is O=C(O)COC(=O)c1ccccc1C(=O)O.[H-].[Na+]. The van der Waals surface area contributed by atoms with Crippen molar-refractivity contribution in [3.05, 3.63) is 35.4 Å². The zero-order chi connectivity index (χ0) is 12.1. The molecule has 0 unspecified atom stereocenters. The van der Waals surface area contributed by atoms with Crippen LogP contribution in [0.2, 0.25) is 0 Å². The van der Waals surface area contributed by atoms with Crippen molar-refractivity contribution < 1.29 is 60.3 Å². The van der Waals surface area contributed by atoms with Crippen molar-refractivity contribution in [2.24, 2.45) is 0 Å². The fraction of sp³-hybridized carbons (Fsp3) is 0.100. The predicted molar refractivity (Wildman–Crippen MR) is 52.4 cm³/mol. The summed E-state index contributed by atoms with van der Waals surface area (Å²) in [4.78, 5) is 32.2. The van der Waals surface area contributed by atoms with Crippen LogP contribution in [0.25, 0.3) is 0 Å². The summed E-state index contributed by atoms with van der Waals surface area (Å²) < 4.78 is 4.38. The Kier molecular flexibility index (Phi) is 6.48. The second kappa shape index (κ2) is 7.05. The van der Waals surface area contributed by atoms with E-state index in [1.807, 2.05) is 0 Å². The quantitative estimate of drug-likeness (QED) is 0.461. The number of esters is 1. The number of hydrogen-bond donors (Lipinski definition) is 2. The molecule has 86 valence electrons. The molecule has 0 aliphatic carbocycles. The molecule has 0 aromatic heterocycles. The molecule has 0 spiro atoms. The maximum Gasteiger partial charge on any atom is 1.00 e. The van der Waals surface area contributed by atoms with E-state index in [1.165, 1.54) is 24.3 Å². The van der Waals surface area contributed by atoms with E-state index in [9.17, 15) is 14.4 Å². The molecule has 6 nitrogen and oxygen atoms in total. The molecule has 17 heavy (non-hydrogen) atoms. The van der Waals surface area contributed by atoms with Gasteiger partial charge in [-0.05, 0) is 12.1 Å². The normalized spacial score (nSPS) is 8.94. The van der Waals surface area contributed by atoms with Crippen LogP contribution < -0.4 is 29.6 Å². The monoisotopic (exact) mass is 248 g/mol. The Hall–Kier alpha value is -1.37. The Morgan fingerprint density at radius 1 is 1.12 bits per heavy atom. The summed E-state index contributed by atoms with van der Waals surface area (Å²) in [5.74, 6) is -3.55. The van der Waals surface area contributed by atoms with Crippen LogP contribution in [0.4, 0.5) is 0 Å². The van der Waals surface area contributed by atoms with Gasteiger partial charge >= 0.3 is 47.5 Å². The van der Waals surface area contributed by atoms with Gasteiger partial charge in [-0.2, -0.15) is 0 Å². The fourth-order valence-corrected chi connectivity index (χ4v) is 1.05. The zero-order valence-electron chi connectivity index (χ0n) is 10.0. The van der Waals surface area contributed by atoms with Gasteiger partial charge in [-0.3, -0.25) is 0 Å². The van der Waals surface area contributed by atoms with Gasteiger partial charge < -0.3 is 16.4 Å². The third-order valence-corrected chi connectivity index (χ3v) is 1.70. The molecule has 0 aliphatic heterocycles. The first-order valence-electron chi connectivity index (χ1n) is 4.23. The van der Waals surface area contributed by atoms with Gasteiger partial charge in [-0.1, -0.05) is 12.1 Å². The minimum Gasteiger partial charge on any atom is -1.00 e. The minimum atomic E-state index is -1.30. The van der Waals surface area contributed by atoms with Crippen molar-refractivity contribution in [1.29, 1.82) is 0 Å². The molecule has 0 radical (unpaired) electrons. The number of hydrogen-bond acceptors (Lipinski definition) is 4.